The maximum atomic E-state index is 11.5. The molecule has 0 heterocycles. The van der Waals surface area contributed by atoms with Crippen LogP contribution in [0.25, 0.3) is 0 Å². The molecule has 0 saturated heterocycles. The van der Waals surface area contributed by atoms with Gasteiger partial charge >= 0.3 is 11.8 Å². The highest BCUT2D eigenvalue weighted by Gasteiger charge is 2.25. The van der Waals surface area contributed by atoms with Crippen molar-refractivity contribution in [3.05, 3.63) is 0 Å². The summed E-state index contributed by atoms with van der Waals surface area (Å²) in [6.45, 7) is 0. The molecule has 0 aromatic rings. The topological polar surface area (TPSA) is 49.4 Å². The molecule has 1 N–H and O–H groups in total. The molecule has 0 bridgehead atoms. The van der Waals surface area contributed by atoms with Crippen molar-refractivity contribution in [3.8, 4) is 0 Å². The van der Waals surface area contributed by atoms with E-state index in [2.05, 4.69) is 5.32 Å². The Balaban J connectivity index is 2.50. The molecule has 1 aliphatic carbocycles. The van der Waals surface area contributed by atoms with E-state index in [9.17, 15) is 9.59 Å². The van der Waals surface area contributed by atoms with Crippen LogP contribution in [0.2, 0.25) is 0 Å². The van der Waals surface area contributed by atoms with Crippen LogP contribution in [-0.4, -0.2) is 36.9 Å². The lowest BCUT2D eigenvalue weighted by atomic mass is 9.94. The minimum absolute atomic E-state index is 0.258. The first kappa shape index (κ1) is 11.0. The summed E-state index contributed by atoms with van der Waals surface area (Å²) in [7, 11) is 3.20. The van der Waals surface area contributed by atoms with Crippen LogP contribution in [0, 0.1) is 0 Å². The highest BCUT2D eigenvalue weighted by Crippen LogP contribution is 2.21. The lowest BCUT2D eigenvalue weighted by Gasteiger charge is -2.30. The summed E-state index contributed by atoms with van der Waals surface area (Å²) in [6.07, 6.45) is 5.63. The van der Waals surface area contributed by atoms with Gasteiger partial charge in [-0.1, -0.05) is 19.3 Å². The van der Waals surface area contributed by atoms with Crippen molar-refractivity contribution in [2.24, 2.45) is 0 Å². The Kier molecular flexibility index (Phi) is 3.92. The molecule has 80 valence electrons. The lowest BCUT2D eigenvalue weighted by molar-refractivity contribution is -0.146. The van der Waals surface area contributed by atoms with E-state index in [4.69, 9.17) is 0 Å². The smallest absolute Gasteiger partial charge is 0.311 e. The number of carbonyl (C=O) groups is 2. The zero-order valence-electron chi connectivity index (χ0n) is 8.88. The molecular formula is C10H18N2O2. The molecule has 2 amide bonds. The third-order valence-electron chi connectivity index (χ3n) is 2.86. The molecule has 0 spiro atoms. The minimum Gasteiger partial charge on any atom is -0.351 e. The molecule has 14 heavy (non-hydrogen) atoms. The molecule has 0 aromatic carbocycles. The second kappa shape index (κ2) is 4.98. The molecule has 1 aliphatic rings. The third-order valence-corrected chi connectivity index (χ3v) is 2.86. The number of hydrogen-bond donors (Lipinski definition) is 1. The van der Waals surface area contributed by atoms with Crippen molar-refractivity contribution >= 4 is 11.8 Å². The fourth-order valence-corrected chi connectivity index (χ4v) is 1.90. The summed E-state index contributed by atoms with van der Waals surface area (Å²) in [5.41, 5.74) is 0. The van der Waals surface area contributed by atoms with E-state index < -0.39 is 11.8 Å². The van der Waals surface area contributed by atoms with Gasteiger partial charge in [-0.2, -0.15) is 0 Å². The van der Waals surface area contributed by atoms with E-state index in [-0.39, 0.29) is 6.04 Å². The third kappa shape index (κ3) is 2.47. The number of hydrogen-bond acceptors (Lipinski definition) is 2. The molecule has 4 heteroatoms. The fraction of sp³-hybridized carbons (Fsp3) is 0.800. The van der Waals surface area contributed by atoms with Gasteiger partial charge in [0.1, 0.15) is 0 Å². The summed E-state index contributed by atoms with van der Waals surface area (Å²) in [5.74, 6) is -0.933. The van der Waals surface area contributed by atoms with Gasteiger partial charge in [-0.05, 0) is 12.8 Å². The van der Waals surface area contributed by atoms with Gasteiger partial charge in [0.05, 0.1) is 0 Å². The zero-order valence-corrected chi connectivity index (χ0v) is 8.88. The maximum Gasteiger partial charge on any atom is 0.311 e. The zero-order chi connectivity index (χ0) is 10.6. The summed E-state index contributed by atoms with van der Waals surface area (Å²) in [4.78, 5) is 24.2. The van der Waals surface area contributed by atoms with Gasteiger partial charge in [0, 0.05) is 20.1 Å². The molecular weight excluding hydrogens is 180 g/mol. The van der Waals surface area contributed by atoms with Crippen molar-refractivity contribution in [2.45, 2.75) is 38.1 Å². The van der Waals surface area contributed by atoms with Crippen LogP contribution >= 0.6 is 0 Å². The lowest BCUT2D eigenvalue weighted by Crippen LogP contribution is -2.45. The highest BCUT2D eigenvalue weighted by atomic mass is 16.2. The molecule has 1 rings (SSSR count). The molecule has 4 nitrogen and oxygen atoms in total. The Morgan fingerprint density at radius 3 is 2.29 bits per heavy atom. The average molecular weight is 198 g/mol. The molecule has 0 radical (unpaired) electrons. The van der Waals surface area contributed by atoms with Crippen molar-refractivity contribution in [2.75, 3.05) is 14.1 Å². The first-order chi connectivity index (χ1) is 6.66. The Labute approximate surface area is 84.7 Å². The summed E-state index contributed by atoms with van der Waals surface area (Å²) >= 11 is 0. The van der Waals surface area contributed by atoms with Gasteiger partial charge < -0.3 is 10.2 Å². The van der Waals surface area contributed by atoms with Crippen LogP contribution < -0.4 is 5.32 Å². The normalized spacial score (nSPS) is 17.6. The van der Waals surface area contributed by atoms with Gasteiger partial charge in [0.2, 0.25) is 0 Å². The predicted molar refractivity (Wildman–Crippen MR) is 53.7 cm³/mol. The first-order valence-corrected chi connectivity index (χ1v) is 5.15. The van der Waals surface area contributed by atoms with Crippen molar-refractivity contribution in [1.82, 2.24) is 10.2 Å². The minimum atomic E-state index is -0.516. The second-order valence-electron chi connectivity index (χ2n) is 3.79. The van der Waals surface area contributed by atoms with Gasteiger partial charge in [-0.3, -0.25) is 9.59 Å². The largest absolute Gasteiger partial charge is 0.351 e. The molecule has 0 unspecified atom stereocenters. The van der Waals surface area contributed by atoms with Crippen LogP contribution in [0.3, 0.4) is 0 Å². The SMILES string of the molecule is CNC(=O)C(=O)N(C)C1CCCCC1. The average Bonchev–Trinajstić information content (AvgIpc) is 2.27. The fourth-order valence-electron chi connectivity index (χ4n) is 1.90. The number of carbonyl (C=O) groups excluding carboxylic acids is 2. The van der Waals surface area contributed by atoms with Crippen LogP contribution in [-0.2, 0) is 9.59 Å². The molecule has 0 aliphatic heterocycles. The second-order valence-corrected chi connectivity index (χ2v) is 3.79. The first-order valence-electron chi connectivity index (χ1n) is 5.15. The van der Waals surface area contributed by atoms with Crippen LogP contribution in [0.4, 0.5) is 0 Å². The van der Waals surface area contributed by atoms with E-state index in [1.807, 2.05) is 0 Å². The number of nitrogens with zero attached hydrogens (tertiary/aromatic N) is 1. The van der Waals surface area contributed by atoms with E-state index in [1.165, 1.54) is 13.5 Å². The van der Waals surface area contributed by atoms with Gasteiger partial charge in [-0.15, -0.1) is 0 Å². The van der Waals surface area contributed by atoms with E-state index in [1.54, 1.807) is 11.9 Å². The Morgan fingerprint density at radius 2 is 1.79 bits per heavy atom. The predicted octanol–water partition coefficient (Wildman–Crippen LogP) is 0.523. The highest BCUT2D eigenvalue weighted by molar-refractivity contribution is 6.34. The number of nitrogens with one attached hydrogen (secondary N) is 1. The van der Waals surface area contributed by atoms with E-state index in [0.29, 0.717) is 0 Å². The number of amides is 2. The van der Waals surface area contributed by atoms with E-state index in [0.717, 1.165) is 25.7 Å². The molecule has 1 fully saturated rings. The van der Waals surface area contributed by atoms with Gasteiger partial charge in [0.25, 0.3) is 0 Å². The molecule has 0 atom stereocenters. The van der Waals surface area contributed by atoms with E-state index >= 15 is 0 Å². The van der Waals surface area contributed by atoms with Crippen LogP contribution in [0.15, 0.2) is 0 Å². The Morgan fingerprint density at radius 1 is 1.21 bits per heavy atom. The van der Waals surface area contributed by atoms with Gasteiger partial charge in [0.15, 0.2) is 0 Å². The summed E-state index contributed by atoms with van der Waals surface area (Å²) in [6, 6.07) is 0.258. The molecule has 0 aromatic heterocycles. The summed E-state index contributed by atoms with van der Waals surface area (Å²) in [5, 5.41) is 2.35. The monoisotopic (exact) mass is 198 g/mol. The van der Waals surface area contributed by atoms with Crippen LogP contribution in [0.1, 0.15) is 32.1 Å². The van der Waals surface area contributed by atoms with Crippen molar-refractivity contribution in [3.63, 3.8) is 0 Å². The summed E-state index contributed by atoms with van der Waals surface area (Å²) < 4.78 is 0. The van der Waals surface area contributed by atoms with Crippen molar-refractivity contribution < 1.29 is 9.59 Å². The standard InChI is InChI=1S/C10H18N2O2/c1-11-9(13)10(14)12(2)8-6-4-3-5-7-8/h8H,3-7H2,1-2H3,(H,11,13). The molecule has 1 saturated carbocycles. The number of likely N-dealkylation sites (N-methyl/N-ethyl adjacent to an activating group) is 2. The quantitative estimate of drug-likeness (QED) is 0.625. The Bertz CT molecular complexity index is 222. The maximum absolute atomic E-state index is 11.5. The van der Waals surface area contributed by atoms with Crippen molar-refractivity contribution in [1.29, 1.82) is 0 Å². The Hall–Kier alpha value is -1.06. The van der Waals surface area contributed by atoms with Crippen LogP contribution in [0.5, 0.6) is 0 Å². The number of rotatable bonds is 1. The van der Waals surface area contributed by atoms with Gasteiger partial charge in [-0.25, -0.2) is 0 Å².